The van der Waals surface area contributed by atoms with Crippen molar-refractivity contribution in [2.45, 2.75) is 19.8 Å². The van der Waals surface area contributed by atoms with Gasteiger partial charge in [-0.05, 0) is 31.3 Å². The molecule has 1 amide bonds. The largest absolute Gasteiger partial charge is 0.351 e. The molecule has 3 N–H and O–H groups in total. The van der Waals surface area contributed by atoms with E-state index in [4.69, 9.17) is 0 Å². The number of H-pyrrole nitrogens is 1. The van der Waals surface area contributed by atoms with Crippen LogP contribution in [0.25, 0.3) is 11.3 Å². The number of benzene rings is 1. The first-order valence-electron chi connectivity index (χ1n) is 7.76. The third-order valence-corrected chi connectivity index (χ3v) is 4.43. The molecule has 0 bridgehead atoms. The lowest BCUT2D eigenvalue weighted by atomic mass is 9.81. The lowest BCUT2D eigenvalue weighted by Crippen LogP contribution is -2.42. The van der Waals surface area contributed by atoms with Crippen molar-refractivity contribution in [2.24, 2.45) is 5.41 Å². The third kappa shape index (κ3) is 4.12. The van der Waals surface area contributed by atoms with Crippen molar-refractivity contribution < 1.29 is 4.79 Å². The van der Waals surface area contributed by atoms with Crippen molar-refractivity contribution in [3.05, 3.63) is 42.1 Å². The molecular weight excluding hydrogens is 312 g/mol. The molecule has 0 aliphatic carbocycles. The molecule has 0 radical (unpaired) electrons. The average Bonchev–Trinajstić information content (AvgIpc) is 3.04. The molecule has 23 heavy (non-hydrogen) atoms. The minimum absolute atomic E-state index is 0. The number of halogens is 1. The fourth-order valence-electron chi connectivity index (χ4n) is 2.88. The molecule has 5 nitrogen and oxygen atoms in total. The molecule has 0 unspecified atom stereocenters. The smallest absolute Gasteiger partial charge is 0.255 e. The fourth-order valence-corrected chi connectivity index (χ4v) is 2.88. The maximum atomic E-state index is 12.5. The number of carbonyl (C=O) groups is 1. The Balaban J connectivity index is 0.00000192. The van der Waals surface area contributed by atoms with Crippen LogP contribution in [0, 0.1) is 5.41 Å². The summed E-state index contributed by atoms with van der Waals surface area (Å²) in [6.07, 6.45) is 3.77. The Morgan fingerprint density at radius 3 is 2.65 bits per heavy atom. The van der Waals surface area contributed by atoms with E-state index in [2.05, 4.69) is 27.8 Å². The molecule has 1 aromatic heterocycles. The molecule has 0 atom stereocenters. The summed E-state index contributed by atoms with van der Waals surface area (Å²) in [5.74, 6) is -0.0626. The van der Waals surface area contributed by atoms with E-state index in [0.717, 1.165) is 37.2 Å². The second-order valence-electron chi connectivity index (χ2n) is 6.27. The Morgan fingerprint density at radius 1 is 1.26 bits per heavy atom. The molecule has 0 spiro atoms. The van der Waals surface area contributed by atoms with Gasteiger partial charge in [-0.3, -0.25) is 9.89 Å². The summed E-state index contributed by atoms with van der Waals surface area (Å²) in [6.45, 7) is 4.98. The van der Waals surface area contributed by atoms with Crippen LogP contribution in [0.4, 0.5) is 0 Å². The zero-order valence-corrected chi connectivity index (χ0v) is 14.1. The Labute approximate surface area is 142 Å². The van der Waals surface area contributed by atoms with Crippen molar-refractivity contribution in [3.8, 4) is 11.3 Å². The zero-order valence-electron chi connectivity index (χ0n) is 13.3. The number of piperidine rings is 1. The van der Waals surface area contributed by atoms with Gasteiger partial charge in [-0.25, -0.2) is 0 Å². The highest BCUT2D eigenvalue weighted by Crippen LogP contribution is 2.27. The van der Waals surface area contributed by atoms with E-state index in [9.17, 15) is 4.79 Å². The molecule has 0 saturated carbocycles. The van der Waals surface area contributed by atoms with E-state index in [0.29, 0.717) is 12.1 Å². The topological polar surface area (TPSA) is 69.8 Å². The lowest BCUT2D eigenvalue weighted by Gasteiger charge is -2.34. The number of hydrogen-bond acceptors (Lipinski definition) is 3. The fraction of sp³-hybridized carbons (Fsp3) is 0.412. The van der Waals surface area contributed by atoms with Crippen molar-refractivity contribution in [1.29, 1.82) is 0 Å². The molecule has 1 fully saturated rings. The van der Waals surface area contributed by atoms with Gasteiger partial charge in [-0.15, -0.1) is 12.4 Å². The predicted molar refractivity (Wildman–Crippen MR) is 93.8 cm³/mol. The van der Waals surface area contributed by atoms with Crippen LogP contribution >= 0.6 is 12.4 Å². The van der Waals surface area contributed by atoms with Crippen LogP contribution in [0.15, 0.2) is 36.5 Å². The summed E-state index contributed by atoms with van der Waals surface area (Å²) >= 11 is 0. The minimum atomic E-state index is -0.0626. The molecule has 1 saturated heterocycles. The number of nitrogens with zero attached hydrogens (tertiary/aromatic N) is 1. The molecular formula is C17H23ClN4O. The number of hydrogen-bond donors (Lipinski definition) is 3. The van der Waals surface area contributed by atoms with Gasteiger partial charge in [0.2, 0.25) is 0 Å². The number of aromatic amines is 1. The van der Waals surface area contributed by atoms with Gasteiger partial charge >= 0.3 is 0 Å². The molecule has 2 heterocycles. The lowest BCUT2D eigenvalue weighted by molar-refractivity contribution is 0.0923. The van der Waals surface area contributed by atoms with Gasteiger partial charge in [0.15, 0.2) is 0 Å². The summed E-state index contributed by atoms with van der Waals surface area (Å²) < 4.78 is 0. The van der Waals surface area contributed by atoms with Crippen LogP contribution in [0.5, 0.6) is 0 Å². The summed E-state index contributed by atoms with van der Waals surface area (Å²) in [4.78, 5) is 12.5. The Hall–Kier alpha value is -1.85. The van der Waals surface area contributed by atoms with Crippen LogP contribution in [0.2, 0.25) is 0 Å². The first-order valence-corrected chi connectivity index (χ1v) is 7.76. The van der Waals surface area contributed by atoms with E-state index in [1.54, 1.807) is 6.20 Å². The van der Waals surface area contributed by atoms with Crippen molar-refractivity contribution in [3.63, 3.8) is 0 Å². The first kappa shape index (κ1) is 17.5. The molecule has 3 rings (SSSR count). The molecule has 1 aromatic carbocycles. The second-order valence-corrected chi connectivity index (χ2v) is 6.27. The van der Waals surface area contributed by atoms with Gasteiger partial charge in [0.25, 0.3) is 5.91 Å². The summed E-state index contributed by atoms with van der Waals surface area (Å²) in [7, 11) is 0. The van der Waals surface area contributed by atoms with Crippen LogP contribution < -0.4 is 10.6 Å². The summed E-state index contributed by atoms with van der Waals surface area (Å²) in [5.41, 5.74) is 2.52. The van der Waals surface area contributed by atoms with Gasteiger partial charge in [-0.1, -0.05) is 37.3 Å². The van der Waals surface area contributed by atoms with Crippen molar-refractivity contribution in [1.82, 2.24) is 20.8 Å². The second kappa shape index (κ2) is 7.62. The molecule has 6 heteroatoms. The predicted octanol–water partition coefficient (Wildman–Crippen LogP) is 2.62. The van der Waals surface area contributed by atoms with Crippen LogP contribution in [-0.4, -0.2) is 35.7 Å². The van der Waals surface area contributed by atoms with Crippen molar-refractivity contribution in [2.75, 3.05) is 19.6 Å². The standard InChI is InChI=1S/C17H22N4O.ClH/c1-17(7-9-18-10-8-17)12-19-16(22)14-11-20-21-15(14)13-5-3-2-4-6-13;/h2-6,11,18H,7-10,12H2,1H3,(H,19,22)(H,20,21);1H. The molecule has 1 aliphatic heterocycles. The normalized spacial score (nSPS) is 16.4. The number of aromatic nitrogens is 2. The summed E-state index contributed by atoms with van der Waals surface area (Å²) in [6, 6.07) is 9.80. The third-order valence-electron chi connectivity index (χ3n) is 4.43. The number of amides is 1. The first-order chi connectivity index (χ1) is 10.7. The van der Waals surface area contributed by atoms with Crippen molar-refractivity contribution >= 4 is 18.3 Å². The monoisotopic (exact) mass is 334 g/mol. The zero-order chi connectivity index (χ0) is 15.4. The summed E-state index contributed by atoms with van der Waals surface area (Å²) in [5, 5.41) is 13.4. The molecule has 124 valence electrons. The minimum Gasteiger partial charge on any atom is -0.351 e. The van der Waals surface area contributed by atoms with Gasteiger partial charge in [-0.2, -0.15) is 5.10 Å². The van der Waals surface area contributed by atoms with Crippen LogP contribution in [0.1, 0.15) is 30.1 Å². The van der Waals surface area contributed by atoms with E-state index < -0.39 is 0 Å². The number of nitrogens with one attached hydrogen (secondary N) is 3. The number of rotatable bonds is 4. The molecule has 1 aliphatic rings. The van der Waals surface area contributed by atoms with Gasteiger partial charge in [0, 0.05) is 12.1 Å². The highest BCUT2D eigenvalue weighted by molar-refractivity contribution is 5.99. The van der Waals surface area contributed by atoms with E-state index >= 15 is 0 Å². The SMILES string of the molecule is CC1(CNC(=O)c2cn[nH]c2-c2ccccc2)CCNCC1.Cl. The maximum Gasteiger partial charge on any atom is 0.255 e. The van der Waals surface area contributed by atoms with Gasteiger partial charge in [0.05, 0.1) is 17.5 Å². The van der Waals surface area contributed by atoms with Crippen LogP contribution in [0.3, 0.4) is 0 Å². The van der Waals surface area contributed by atoms with Crippen LogP contribution in [-0.2, 0) is 0 Å². The highest BCUT2D eigenvalue weighted by atomic mass is 35.5. The number of carbonyl (C=O) groups excluding carboxylic acids is 1. The van der Waals surface area contributed by atoms with E-state index in [-0.39, 0.29) is 23.7 Å². The maximum absolute atomic E-state index is 12.5. The molecule has 2 aromatic rings. The average molecular weight is 335 g/mol. The highest BCUT2D eigenvalue weighted by Gasteiger charge is 2.27. The van der Waals surface area contributed by atoms with E-state index in [1.807, 2.05) is 30.3 Å². The van der Waals surface area contributed by atoms with Gasteiger partial charge in [0.1, 0.15) is 0 Å². The van der Waals surface area contributed by atoms with Gasteiger partial charge < -0.3 is 10.6 Å². The Kier molecular flexibility index (Phi) is 5.80. The quantitative estimate of drug-likeness (QED) is 0.805. The van der Waals surface area contributed by atoms with E-state index in [1.165, 1.54) is 0 Å². The Bertz CT molecular complexity index is 635. The Morgan fingerprint density at radius 2 is 1.96 bits per heavy atom.